The number of carbonyl (C=O) groups excluding carboxylic acids is 1. The Bertz CT molecular complexity index is 1070. The first kappa shape index (κ1) is 16.9. The first-order chi connectivity index (χ1) is 13.2. The molecule has 2 N–H and O–H groups in total. The molecule has 3 heterocycles. The molecule has 27 heavy (non-hydrogen) atoms. The molecule has 1 amide bonds. The van der Waals surface area contributed by atoms with Crippen molar-refractivity contribution in [3.8, 4) is 0 Å². The number of fused-ring (bicyclic) bond motifs is 1. The van der Waals surface area contributed by atoms with Gasteiger partial charge in [-0.2, -0.15) is 5.10 Å². The van der Waals surface area contributed by atoms with Gasteiger partial charge in [-0.05, 0) is 25.1 Å². The third-order valence-corrected chi connectivity index (χ3v) is 4.32. The molecule has 0 aliphatic carbocycles. The maximum atomic E-state index is 12.3. The largest absolute Gasteiger partial charge is 0.350 e. The molecule has 4 aromatic rings. The number of carbonyl (C=O) groups is 1. The molecule has 3 aromatic heterocycles. The molecule has 0 atom stereocenters. The molecule has 8 nitrogen and oxygen atoms in total. The third-order valence-electron chi connectivity index (χ3n) is 4.32. The van der Waals surface area contributed by atoms with Gasteiger partial charge in [0, 0.05) is 31.6 Å². The van der Waals surface area contributed by atoms with E-state index in [2.05, 4.69) is 35.0 Å². The molecule has 0 saturated heterocycles. The predicted molar refractivity (Wildman–Crippen MR) is 100 cm³/mol. The highest BCUT2D eigenvalue weighted by molar-refractivity contribution is 5.92. The summed E-state index contributed by atoms with van der Waals surface area (Å²) in [7, 11) is 0. The van der Waals surface area contributed by atoms with E-state index in [1.165, 1.54) is 0 Å². The third kappa shape index (κ3) is 3.69. The topological polar surface area (TPSA) is 101 Å². The molecule has 0 radical (unpaired) electrons. The molecule has 136 valence electrons. The van der Waals surface area contributed by atoms with E-state index < -0.39 is 0 Å². The van der Waals surface area contributed by atoms with E-state index in [1.54, 1.807) is 24.7 Å². The van der Waals surface area contributed by atoms with Crippen LogP contribution in [0.2, 0.25) is 0 Å². The van der Waals surface area contributed by atoms with Gasteiger partial charge < -0.3 is 9.88 Å². The first-order valence-corrected chi connectivity index (χ1v) is 8.70. The van der Waals surface area contributed by atoms with Crippen molar-refractivity contribution in [3.05, 3.63) is 71.8 Å². The monoisotopic (exact) mass is 361 g/mol. The summed E-state index contributed by atoms with van der Waals surface area (Å²) in [6.07, 6.45) is 5.57. The number of aromatic amines is 1. The van der Waals surface area contributed by atoms with E-state index >= 15 is 0 Å². The van der Waals surface area contributed by atoms with Crippen LogP contribution in [0.4, 0.5) is 0 Å². The molecule has 0 bridgehead atoms. The number of hydrogen-bond acceptors (Lipinski definition) is 5. The Morgan fingerprint density at radius 1 is 1.26 bits per heavy atom. The SMILES string of the molecule is Cc1nc2ccccc2n1Cc1cc(C(=O)NCCc2cnccn2)n[nH]1. The number of imidazole rings is 1. The van der Waals surface area contributed by atoms with E-state index in [-0.39, 0.29) is 5.91 Å². The summed E-state index contributed by atoms with van der Waals surface area (Å²) in [5.41, 5.74) is 4.06. The number of nitrogens with zero attached hydrogens (tertiary/aromatic N) is 5. The molecular formula is C19H19N7O. The summed E-state index contributed by atoms with van der Waals surface area (Å²) in [5.74, 6) is 0.703. The maximum Gasteiger partial charge on any atom is 0.271 e. The molecule has 0 aliphatic heterocycles. The molecule has 0 unspecified atom stereocenters. The van der Waals surface area contributed by atoms with Gasteiger partial charge in [0.15, 0.2) is 0 Å². The van der Waals surface area contributed by atoms with Crippen molar-refractivity contribution in [2.75, 3.05) is 6.54 Å². The van der Waals surface area contributed by atoms with Gasteiger partial charge in [0.1, 0.15) is 11.5 Å². The summed E-state index contributed by atoms with van der Waals surface area (Å²) in [6.45, 7) is 3.02. The zero-order chi connectivity index (χ0) is 18.6. The maximum absolute atomic E-state index is 12.3. The van der Waals surface area contributed by atoms with Crippen molar-refractivity contribution in [1.82, 2.24) is 35.0 Å². The van der Waals surface area contributed by atoms with Crippen molar-refractivity contribution in [2.24, 2.45) is 0 Å². The van der Waals surface area contributed by atoms with Gasteiger partial charge >= 0.3 is 0 Å². The van der Waals surface area contributed by atoms with Crippen molar-refractivity contribution >= 4 is 16.9 Å². The van der Waals surface area contributed by atoms with Crippen molar-refractivity contribution in [1.29, 1.82) is 0 Å². The smallest absolute Gasteiger partial charge is 0.271 e. The molecule has 0 aliphatic rings. The average Bonchev–Trinajstić information content (AvgIpc) is 3.28. The number of aromatic nitrogens is 6. The molecule has 0 spiro atoms. The molecular weight excluding hydrogens is 342 g/mol. The molecule has 0 saturated carbocycles. The zero-order valence-electron chi connectivity index (χ0n) is 14.9. The van der Waals surface area contributed by atoms with Crippen LogP contribution in [0.1, 0.15) is 27.7 Å². The lowest BCUT2D eigenvalue weighted by Gasteiger charge is -2.04. The van der Waals surface area contributed by atoms with E-state index in [0.717, 1.165) is 28.2 Å². The quantitative estimate of drug-likeness (QED) is 0.546. The minimum absolute atomic E-state index is 0.214. The van der Waals surface area contributed by atoms with Crippen LogP contribution in [-0.2, 0) is 13.0 Å². The standard InChI is InChI=1S/C19H19N7O/c1-13-23-16-4-2-3-5-18(16)26(13)12-15-10-17(25-24-15)19(27)22-7-6-14-11-20-8-9-21-14/h2-5,8-11H,6-7,12H2,1H3,(H,22,27)(H,24,25). The molecule has 1 aromatic carbocycles. The highest BCUT2D eigenvalue weighted by atomic mass is 16.1. The number of para-hydroxylation sites is 2. The van der Waals surface area contributed by atoms with Crippen LogP contribution in [-0.4, -0.2) is 42.2 Å². The van der Waals surface area contributed by atoms with Crippen LogP contribution >= 0.6 is 0 Å². The van der Waals surface area contributed by atoms with Crippen LogP contribution in [0.25, 0.3) is 11.0 Å². The second-order valence-corrected chi connectivity index (χ2v) is 6.21. The number of hydrogen-bond donors (Lipinski definition) is 2. The van der Waals surface area contributed by atoms with Gasteiger partial charge in [-0.15, -0.1) is 0 Å². The fourth-order valence-electron chi connectivity index (χ4n) is 2.98. The van der Waals surface area contributed by atoms with Crippen LogP contribution < -0.4 is 5.32 Å². The van der Waals surface area contributed by atoms with E-state index in [1.807, 2.05) is 31.2 Å². The molecule has 0 fully saturated rings. The summed E-state index contributed by atoms with van der Waals surface area (Å²) < 4.78 is 2.10. The lowest BCUT2D eigenvalue weighted by Crippen LogP contribution is -2.26. The summed E-state index contributed by atoms with van der Waals surface area (Å²) in [4.78, 5) is 25.0. The number of aryl methyl sites for hydroxylation is 1. The average molecular weight is 361 g/mol. The Hall–Kier alpha value is -3.55. The highest BCUT2D eigenvalue weighted by Crippen LogP contribution is 2.17. The number of nitrogens with one attached hydrogen (secondary N) is 2. The number of H-pyrrole nitrogens is 1. The number of amides is 1. The summed E-state index contributed by atoms with van der Waals surface area (Å²) in [6, 6.07) is 9.75. The van der Waals surface area contributed by atoms with Crippen molar-refractivity contribution < 1.29 is 4.79 Å². The predicted octanol–water partition coefficient (Wildman–Crippen LogP) is 1.88. The van der Waals surface area contributed by atoms with E-state index in [9.17, 15) is 4.79 Å². The number of rotatable bonds is 6. The Balaban J connectivity index is 1.40. The van der Waals surface area contributed by atoms with Gasteiger partial charge in [0.05, 0.1) is 29.0 Å². The van der Waals surface area contributed by atoms with Gasteiger partial charge in [-0.1, -0.05) is 12.1 Å². The van der Waals surface area contributed by atoms with Gasteiger partial charge in [0.25, 0.3) is 5.91 Å². The van der Waals surface area contributed by atoms with Crippen LogP contribution in [0.3, 0.4) is 0 Å². The van der Waals surface area contributed by atoms with Crippen LogP contribution in [0, 0.1) is 6.92 Å². The molecule has 4 rings (SSSR count). The Kier molecular flexibility index (Phi) is 4.61. The Morgan fingerprint density at radius 2 is 2.15 bits per heavy atom. The Morgan fingerprint density at radius 3 is 3.00 bits per heavy atom. The lowest BCUT2D eigenvalue weighted by atomic mass is 10.3. The highest BCUT2D eigenvalue weighted by Gasteiger charge is 2.12. The second kappa shape index (κ2) is 7.36. The fraction of sp³-hybridized carbons (Fsp3) is 0.211. The first-order valence-electron chi connectivity index (χ1n) is 8.70. The van der Waals surface area contributed by atoms with E-state index in [4.69, 9.17) is 0 Å². The summed E-state index contributed by atoms with van der Waals surface area (Å²) >= 11 is 0. The van der Waals surface area contributed by atoms with Crippen LogP contribution in [0.15, 0.2) is 48.9 Å². The second-order valence-electron chi connectivity index (χ2n) is 6.21. The summed E-state index contributed by atoms with van der Waals surface area (Å²) in [5, 5.41) is 9.93. The number of benzene rings is 1. The minimum Gasteiger partial charge on any atom is -0.350 e. The minimum atomic E-state index is -0.214. The lowest BCUT2D eigenvalue weighted by molar-refractivity contribution is 0.0949. The van der Waals surface area contributed by atoms with Gasteiger partial charge in [-0.25, -0.2) is 4.98 Å². The normalized spacial score (nSPS) is 11.0. The van der Waals surface area contributed by atoms with Crippen molar-refractivity contribution in [3.63, 3.8) is 0 Å². The Labute approximate surface area is 155 Å². The van der Waals surface area contributed by atoms with Crippen LogP contribution in [0.5, 0.6) is 0 Å². The van der Waals surface area contributed by atoms with Gasteiger partial charge in [-0.3, -0.25) is 19.9 Å². The van der Waals surface area contributed by atoms with Crippen molar-refractivity contribution in [2.45, 2.75) is 19.9 Å². The zero-order valence-corrected chi connectivity index (χ0v) is 14.9. The van der Waals surface area contributed by atoms with Gasteiger partial charge in [0.2, 0.25) is 0 Å². The fourth-order valence-corrected chi connectivity index (χ4v) is 2.98. The molecule has 8 heteroatoms. The van der Waals surface area contributed by atoms with E-state index in [0.29, 0.717) is 25.2 Å².